The van der Waals surface area contributed by atoms with Crippen molar-refractivity contribution in [1.29, 1.82) is 0 Å². The quantitative estimate of drug-likeness (QED) is 0.592. The molecule has 3 aromatic rings. The molecular weight excluding hydrogens is 424 g/mol. The molecule has 0 N–H and O–H groups in total. The molecule has 2 aliphatic rings. The molecule has 9 heteroatoms. The lowest BCUT2D eigenvalue weighted by molar-refractivity contribution is 0.0622. The zero-order valence-electron chi connectivity index (χ0n) is 16.8. The highest BCUT2D eigenvalue weighted by atomic mass is 35.5. The highest BCUT2D eigenvalue weighted by molar-refractivity contribution is 6.31. The summed E-state index contributed by atoms with van der Waals surface area (Å²) < 4.78 is 28.3. The van der Waals surface area contributed by atoms with Crippen molar-refractivity contribution in [3.05, 3.63) is 64.1 Å². The highest BCUT2D eigenvalue weighted by Crippen LogP contribution is 2.40. The largest absolute Gasteiger partial charge is 0.335 e. The topological polar surface area (TPSA) is 53.7 Å². The molecule has 0 bridgehead atoms. The van der Waals surface area contributed by atoms with Crippen LogP contribution in [-0.4, -0.2) is 56.5 Å². The van der Waals surface area contributed by atoms with Gasteiger partial charge in [0.15, 0.2) is 11.3 Å². The highest BCUT2D eigenvalue weighted by Gasteiger charge is 2.29. The number of halogens is 3. The second-order valence-electron chi connectivity index (χ2n) is 8.14. The Bertz CT molecular complexity index is 1120. The molecule has 0 radical (unpaired) electrons. The van der Waals surface area contributed by atoms with Crippen LogP contribution in [0.2, 0.25) is 5.02 Å². The van der Waals surface area contributed by atoms with Crippen LogP contribution in [0.1, 0.15) is 52.6 Å². The second kappa shape index (κ2) is 8.16. The normalized spacial score (nSPS) is 17.6. The van der Waals surface area contributed by atoms with Gasteiger partial charge in [0.2, 0.25) is 0 Å². The van der Waals surface area contributed by atoms with E-state index in [2.05, 4.69) is 15.0 Å². The minimum Gasteiger partial charge on any atom is -0.335 e. The fourth-order valence-electron chi connectivity index (χ4n) is 4.00. The van der Waals surface area contributed by atoms with E-state index in [0.717, 1.165) is 34.5 Å². The molecular formula is C22H22ClF2N5O. The van der Waals surface area contributed by atoms with E-state index in [-0.39, 0.29) is 23.2 Å². The fraction of sp³-hybridized carbons (Fsp3) is 0.409. The van der Waals surface area contributed by atoms with Crippen molar-refractivity contribution in [1.82, 2.24) is 24.4 Å². The summed E-state index contributed by atoms with van der Waals surface area (Å²) in [4.78, 5) is 21.4. The molecule has 2 fully saturated rings. The van der Waals surface area contributed by atoms with Crippen LogP contribution < -0.4 is 0 Å². The molecule has 1 amide bonds. The van der Waals surface area contributed by atoms with Gasteiger partial charge in [-0.15, -0.1) is 0 Å². The van der Waals surface area contributed by atoms with Crippen LogP contribution >= 0.6 is 11.6 Å². The Morgan fingerprint density at radius 2 is 1.87 bits per heavy atom. The summed E-state index contributed by atoms with van der Waals surface area (Å²) >= 11 is 6.25. The number of carbonyl (C=O) groups excluding carboxylic acids is 1. The third-order valence-electron chi connectivity index (χ3n) is 5.92. The van der Waals surface area contributed by atoms with Gasteiger partial charge < -0.3 is 4.90 Å². The minimum atomic E-state index is -2.68. The summed E-state index contributed by atoms with van der Waals surface area (Å²) in [5.41, 5.74) is 1.97. The smallest absolute Gasteiger partial charge is 0.280 e. The zero-order chi connectivity index (χ0) is 21.5. The Morgan fingerprint density at radius 3 is 2.55 bits per heavy atom. The van der Waals surface area contributed by atoms with Gasteiger partial charge in [0.1, 0.15) is 5.69 Å². The van der Waals surface area contributed by atoms with Crippen LogP contribution in [0.5, 0.6) is 0 Å². The summed E-state index contributed by atoms with van der Waals surface area (Å²) in [6.07, 6.45) is -0.756. The van der Waals surface area contributed by atoms with Gasteiger partial charge in [0.05, 0.1) is 0 Å². The van der Waals surface area contributed by atoms with Gasteiger partial charge in [-0.25, -0.2) is 18.3 Å². The fourth-order valence-corrected chi connectivity index (χ4v) is 4.20. The van der Waals surface area contributed by atoms with Crippen LogP contribution in [0.4, 0.5) is 8.78 Å². The van der Waals surface area contributed by atoms with Crippen molar-refractivity contribution >= 4 is 23.2 Å². The van der Waals surface area contributed by atoms with E-state index in [4.69, 9.17) is 11.6 Å². The van der Waals surface area contributed by atoms with Crippen LogP contribution in [-0.2, 0) is 6.54 Å². The number of aromatic nitrogens is 3. The molecule has 2 aromatic heterocycles. The molecule has 3 heterocycles. The number of hydrogen-bond donors (Lipinski definition) is 0. The van der Waals surface area contributed by atoms with E-state index in [0.29, 0.717) is 37.5 Å². The van der Waals surface area contributed by atoms with Crippen LogP contribution in [0.25, 0.3) is 5.65 Å². The van der Waals surface area contributed by atoms with Crippen molar-refractivity contribution in [3.63, 3.8) is 0 Å². The molecule has 1 aliphatic heterocycles. The number of hydrogen-bond acceptors (Lipinski definition) is 4. The Balaban J connectivity index is 1.30. The molecule has 1 aliphatic carbocycles. The van der Waals surface area contributed by atoms with Gasteiger partial charge in [-0.05, 0) is 30.5 Å². The second-order valence-corrected chi connectivity index (χ2v) is 8.55. The van der Waals surface area contributed by atoms with Gasteiger partial charge in [0, 0.05) is 55.4 Å². The van der Waals surface area contributed by atoms with E-state index < -0.39 is 6.43 Å². The Hall–Kier alpha value is -2.58. The first-order chi connectivity index (χ1) is 15.0. The summed E-state index contributed by atoms with van der Waals surface area (Å²) in [7, 11) is 0. The molecule has 1 saturated heterocycles. The Morgan fingerprint density at radius 1 is 1.13 bits per heavy atom. The van der Waals surface area contributed by atoms with Gasteiger partial charge in [0.25, 0.3) is 12.3 Å². The maximum absolute atomic E-state index is 13.6. The molecule has 6 nitrogen and oxygen atoms in total. The summed E-state index contributed by atoms with van der Waals surface area (Å²) in [6.45, 7) is 3.22. The van der Waals surface area contributed by atoms with Crippen LogP contribution in [0, 0.1) is 0 Å². The monoisotopic (exact) mass is 445 g/mol. The number of nitrogens with zero attached hydrogens (tertiary/aromatic N) is 5. The van der Waals surface area contributed by atoms with Gasteiger partial charge in [-0.1, -0.05) is 29.8 Å². The van der Waals surface area contributed by atoms with Crippen LogP contribution in [0.3, 0.4) is 0 Å². The molecule has 5 rings (SSSR count). The molecule has 1 aromatic carbocycles. The maximum atomic E-state index is 13.6. The minimum absolute atomic E-state index is 0.155. The standard InChI is InChI=1S/C22H22ClF2N5O/c23-16-4-2-1-3-15(16)13-28-7-9-29(10-8-28)22(31)18-12-20-26-17(14-5-6-14)11-19(21(24)25)30(20)27-18/h1-4,11-12,14,21H,5-10,13H2. The molecule has 162 valence electrons. The first kappa shape index (κ1) is 20.3. The first-order valence-corrected chi connectivity index (χ1v) is 10.8. The van der Waals surface area contributed by atoms with E-state index in [9.17, 15) is 13.6 Å². The number of benzene rings is 1. The van der Waals surface area contributed by atoms with Crippen molar-refractivity contribution in [3.8, 4) is 0 Å². The summed E-state index contributed by atoms with van der Waals surface area (Å²) in [5.74, 6) is -0.0150. The van der Waals surface area contributed by atoms with Crippen molar-refractivity contribution in [2.75, 3.05) is 26.2 Å². The number of amides is 1. The predicted octanol–water partition coefficient (Wildman–Crippen LogP) is 4.16. The summed E-state index contributed by atoms with van der Waals surface area (Å²) in [5, 5.41) is 4.91. The number of piperazine rings is 1. The molecule has 0 spiro atoms. The third kappa shape index (κ3) is 4.14. The van der Waals surface area contributed by atoms with Crippen molar-refractivity contribution in [2.24, 2.45) is 0 Å². The maximum Gasteiger partial charge on any atom is 0.280 e. The molecule has 0 atom stereocenters. The van der Waals surface area contributed by atoms with Gasteiger partial charge in [-0.2, -0.15) is 5.10 Å². The van der Waals surface area contributed by atoms with Crippen LogP contribution in [0.15, 0.2) is 36.4 Å². The van der Waals surface area contributed by atoms with E-state index >= 15 is 0 Å². The van der Waals surface area contributed by atoms with Gasteiger partial charge >= 0.3 is 0 Å². The lowest BCUT2D eigenvalue weighted by Crippen LogP contribution is -2.48. The lowest BCUT2D eigenvalue weighted by Gasteiger charge is -2.34. The number of alkyl halides is 2. The average molecular weight is 446 g/mol. The van der Waals surface area contributed by atoms with Crippen molar-refractivity contribution < 1.29 is 13.6 Å². The Labute approximate surface area is 183 Å². The number of fused-ring (bicyclic) bond motifs is 1. The molecule has 31 heavy (non-hydrogen) atoms. The van der Waals surface area contributed by atoms with Gasteiger partial charge in [-0.3, -0.25) is 9.69 Å². The average Bonchev–Trinajstić information content (AvgIpc) is 3.53. The van der Waals surface area contributed by atoms with E-state index in [1.54, 1.807) is 4.90 Å². The van der Waals surface area contributed by atoms with Crippen molar-refractivity contribution in [2.45, 2.75) is 31.7 Å². The number of carbonyl (C=O) groups is 1. The lowest BCUT2D eigenvalue weighted by atomic mass is 10.2. The zero-order valence-corrected chi connectivity index (χ0v) is 17.6. The predicted molar refractivity (Wildman–Crippen MR) is 113 cm³/mol. The molecule has 0 unspecified atom stereocenters. The SMILES string of the molecule is O=C(c1cc2nc(C3CC3)cc(C(F)F)n2n1)N1CCN(Cc2ccccc2Cl)CC1. The van der Waals surface area contributed by atoms with E-state index in [1.165, 1.54) is 12.1 Å². The number of rotatable bonds is 5. The third-order valence-corrected chi connectivity index (χ3v) is 6.29. The molecule has 1 saturated carbocycles. The Kier molecular flexibility index (Phi) is 5.35. The van der Waals surface area contributed by atoms with E-state index in [1.807, 2.05) is 24.3 Å². The first-order valence-electron chi connectivity index (χ1n) is 10.4. The summed E-state index contributed by atoms with van der Waals surface area (Å²) in [6, 6.07) is 10.7.